The van der Waals surface area contributed by atoms with E-state index in [1.165, 1.54) is 0 Å². The first kappa shape index (κ1) is 15.8. The summed E-state index contributed by atoms with van der Waals surface area (Å²) in [4.78, 5) is 12.3. The number of carbonyl (C=O) groups is 1. The van der Waals surface area contributed by atoms with Crippen LogP contribution in [0.2, 0.25) is 0 Å². The monoisotopic (exact) mass is 292 g/mol. The first-order valence-electron chi connectivity index (χ1n) is 7.31. The van der Waals surface area contributed by atoms with Gasteiger partial charge in [-0.05, 0) is 37.7 Å². The van der Waals surface area contributed by atoms with Crippen molar-refractivity contribution in [2.24, 2.45) is 5.92 Å². The van der Waals surface area contributed by atoms with E-state index in [0.717, 1.165) is 24.3 Å². The third kappa shape index (κ3) is 4.17. The van der Waals surface area contributed by atoms with E-state index in [9.17, 15) is 4.79 Å². The molecule has 21 heavy (non-hydrogen) atoms. The Bertz CT molecular complexity index is 449. The molecule has 1 aromatic rings. The lowest BCUT2D eigenvalue weighted by molar-refractivity contribution is -0.124. The van der Waals surface area contributed by atoms with Crippen LogP contribution in [0.3, 0.4) is 0 Å². The Labute approximate surface area is 125 Å². The molecule has 6 nitrogen and oxygen atoms in total. The second-order valence-electron chi connectivity index (χ2n) is 5.13. The maximum absolute atomic E-state index is 12.3. The Morgan fingerprint density at radius 1 is 1.33 bits per heavy atom. The topological polar surface area (TPSA) is 74.4 Å². The number of carbonyl (C=O) groups excluding carboxylic acids is 1. The summed E-state index contributed by atoms with van der Waals surface area (Å²) in [5.74, 6) is 0.801. The Morgan fingerprint density at radius 2 is 2.10 bits per heavy atom. The van der Waals surface area contributed by atoms with Gasteiger partial charge >= 0.3 is 0 Å². The van der Waals surface area contributed by atoms with Crippen molar-refractivity contribution in [2.75, 3.05) is 33.8 Å². The number of rotatable bonds is 7. The molecular weight excluding hydrogens is 268 g/mol. The van der Waals surface area contributed by atoms with Crippen LogP contribution < -0.4 is 26.2 Å². The number of hydrogen-bond donors (Lipinski definition) is 4. The van der Waals surface area contributed by atoms with E-state index in [0.29, 0.717) is 13.1 Å². The lowest BCUT2D eigenvalue weighted by Gasteiger charge is -2.18. The van der Waals surface area contributed by atoms with Crippen LogP contribution in [0, 0.1) is 5.92 Å². The number of ether oxygens (including phenoxy) is 1. The summed E-state index contributed by atoms with van der Waals surface area (Å²) in [6.07, 6.45) is 0.934. The smallest absolute Gasteiger partial charge is 0.226 e. The predicted molar refractivity (Wildman–Crippen MR) is 81.9 cm³/mol. The van der Waals surface area contributed by atoms with Gasteiger partial charge in [0.05, 0.1) is 19.1 Å². The highest BCUT2D eigenvalue weighted by molar-refractivity contribution is 5.80. The van der Waals surface area contributed by atoms with Crippen LogP contribution >= 0.6 is 0 Å². The summed E-state index contributed by atoms with van der Waals surface area (Å²) < 4.78 is 5.16. The molecule has 1 aliphatic rings. The quantitative estimate of drug-likeness (QED) is 0.540. The van der Waals surface area contributed by atoms with Crippen molar-refractivity contribution in [3.63, 3.8) is 0 Å². The summed E-state index contributed by atoms with van der Waals surface area (Å²) in [5.41, 5.74) is 7.34. The molecule has 0 bridgehead atoms. The van der Waals surface area contributed by atoms with E-state index in [1.54, 1.807) is 7.11 Å². The second kappa shape index (κ2) is 7.97. The highest BCUT2D eigenvalue weighted by Gasteiger charge is 2.33. The first-order valence-corrected chi connectivity index (χ1v) is 7.31. The van der Waals surface area contributed by atoms with Crippen LogP contribution in [0.1, 0.15) is 18.0 Å². The van der Waals surface area contributed by atoms with Crippen LogP contribution in [0.5, 0.6) is 5.75 Å². The van der Waals surface area contributed by atoms with Crippen molar-refractivity contribution >= 4 is 5.91 Å². The number of nitrogens with one attached hydrogen (secondary N) is 4. The Balaban J connectivity index is 1.93. The normalized spacial score (nSPS) is 21.2. The van der Waals surface area contributed by atoms with Crippen molar-refractivity contribution in [3.05, 3.63) is 29.8 Å². The average molecular weight is 292 g/mol. The fraction of sp³-hybridized carbons (Fsp3) is 0.533. The zero-order valence-electron chi connectivity index (χ0n) is 12.6. The van der Waals surface area contributed by atoms with Crippen LogP contribution in [0.4, 0.5) is 0 Å². The fourth-order valence-corrected chi connectivity index (χ4v) is 2.48. The van der Waals surface area contributed by atoms with E-state index in [-0.39, 0.29) is 17.9 Å². The Kier molecular flexibility index (Phi) is 5.98. The van der Waals surface area contributed by atoms with Crippen molar-refractivity contribution in [2.45, 2.75) is 12.5 Å². The van der Waals surface area contributed by atoms with E-state index < -0.39 is 0 Å². The van der Waals surface area contributed by atoms with Crippen LogP contribution in [-0.4, -0.2) is 39.7 Å². The third-order valence-corrected chi connectivity index (χ3v) is 3.70. The molecule has 2 atom stereocenters. The van der Waals surface area contributed by atoms with Gasteiger partial charge in [-0.15, -0.1) is 0 Å². The Morgan fingerprint density at radius 3 is 2.76 bits per heavy atom. The van der Waals surface area contributed by atoms with Gasteiger partial charge in [0.25, 0.3) is 0 Å². The lowest BCUT2D eigenvalue weighted by atomic mass is 9.94. The van der Waals surface area contributed by atoms with Crippen molar-refractivity contribution < 1.29 is 9.53 Å². The van der Waals surface area contributed by atoms with Gasteiger partial charge in [0.15, 0.2) is 0 Å². The number of hydrazine groups is 1. The van der Waals surface area contributed by atoms with E-state index in [2.05, 4.69) is 21.5 Å². The molecule has 1 aliphatic heterocycles. The molecule has 1 fully saturated rings. The van der Waals surface area contributed by atoms with E-state index >= 15 is 0 Å². The minimum atomic E-state index is -0.104. The average Bonchev–Trinajstić information content (AvgIpc) is 3.01. The maximum Gasteiger partial charge on any atom is 0.226 e. The SMILES string of the molecule is CNCCCNC(=O)C1CNNC1c1ccc(OC)cc1. The molecule has 1 amide bonds. The van der Waals surface area contributed by atoms with Gasteiger partial charge in [-0.25, -0.2) is 5.43 Å². The van der Waals surface area contributed by atoms with Gasteiger partial charge in [0, 0.05) is 13.1 Å². The lowest BCUT2D eigenvalue weighted by Crippen LogP contribution is -2.36. The van der Waals surface area contributed by atoms with Crippen LogP contribution in [0.15, 0.2) is 24.3 Å². The van der Waals surface area contributed by atoms with Crippen molar-refractivity contribution in [1.82, 2.24) is 21.5 Å². The second-order valence-corrected chi connectivity index (χ2v) is 5.13. The van der Waals surface area contributed by atoms with E-state index in [1.807, 2.05) is 31.3 Å². The molecule has 1 aromatic carbocycles. The molecule has 116 valence electrons. The first-order chi connectivity index (χ1) is 10.3. The predicted octanol–water partition coefficient (Wildman–Crippen LogP) is 0.186. The molecule has 0 aliphatic carbocycles. The molecule has 1 saturated heterocycles. The summed E-state index contributed by atoms with van der Waals surface area (Å²) in [5, 5.41) is 6.07. The number of hydrogen-bond acceptors (Lipinski definition) is 5. The Hall–Kier alpha value is -1.63. The molecule has 2 rings (SSSR count). The molecule has 2 unspecified atom stereocenters. The van der Waals surface area contributed by atoms with Crippen molar-refractivity contribution in [1.29, 1.82) is 0 Å². The molecular formula is C15H24N4O2. The molecule has 6 heteroatoms. The van der Waals surface area contributed by atoms with Gasteiger partial charge in [0.2, 0.25) is 5.91 Å². The molecule has 1 heterocycles. The molecule has 4 N–H and O–H groups in total. The summed E-state index contributed by atoms with van der Waals surface area (Å²) in [6, 6.07) is 7.80. The van der Waals surface area contributed by atoms with Crippen molar-refractivity contribution in [3.8, 4) is 5.75 Å². The molecule has 0 aromatic heterocycles. The highest BCUT2D eigenvalue weighted by atomic mass is 16.5. The zero-order valence-corrected chi connectivity index (χ0v) is 12.6. The molecule has 0 saturated carbocycles. The summed E-state index contributed by atoms with van der Waals surface area (Å²) in [7, 11) is 3.55. The highest BCUT2D eigenvalue weighted by Crippen LogP contribution is 2.26. The van der Waals surface area contributed by atoms with Gasteiger partial charge < -0.3 is 15.4 Å². The van der Waals surface area contributed by atoms with Crippen LogP contribution in [-0.2, 0) is 4.79 Å². The number of methoxy groups -OCH3 is 1. The van der Waals surface area contributed by atoms with Gasteiger partial charge in [-0.3, -0.25) is 10.2 Å². The fourth-order valence-electron chi connectivity index (χ4n) is 2.48. The number of amides is 1. The molecule has 0 spiro atoms. The van der Waals surface area contributed by atoms with Gasteiger partial charge in [-0.2, -0.15) is 0 Å². The third-order valence-electron chi connectivity index (χ3n) is 3.70. The van der Waals surface area contributed by atoms with Gasteiger partial charge in [0.1, 0.15) is 5.75 Å². The standard InChI is InChI=1S/C15H24N4O2/c1-16-8-3-9-17-15(20)13-10-18-19-14(13)11-4-6-12(21-2)7-5-11/h4-7,13-14,16,18-19H,3,8-10H2,1-2H3,(H,17,20). The zero-order chi connectivity index (χ0) is 15.1. The minimum absolute atomic E-state index is 0.0137. The summed E-state index contributed by atoms with van der Waals surface area (Å²) >= 11 is 0. The minimum Gasteiger partial charge on any atom is -0.497 e. The maximum atomic E-state index is 12.3. The largest absolute Gasteiger partial charge is 0.497 e. The molecule has 0 radical (unpaired) electrons. The number of benzene rings is 1. The van der Waals surface area contributed by atoms with E-state index in [4.69, 9.17) is 4.74 Å². The van der Waals surface area contributed by atoms with Gasteiger partial charge in [-0.1, -0.05) is 12.1 Å². The summed E-state index contributed by atoms with van der Waals surface area (Å²) in [6.45, 7) is 2.24. The van der Waals surface area contributed by atoms with Crippen LogP contribution in [0.25, 0.3) is 0 Å².